The van der Waals surface area contributed by atoms with Crippen LogP contribution < -0.4 is 5.32 Å². The standard InChI is InChI=1S/C8H15NOS/c1-4-11-6-7(1)8-5-10-3-2-9-8/h7-9H,1-6H2. The van der Waals surface area contributed by atoms with Gasteiger partial charge in [-0.3, -0.25) is 0 Å². The molecule has 2 rings (SSSR count). The van der Waals surface area contributed by atoms with E-state index in [4.69, 9.17) is 4.74 Å². The molecule has 0 aromatic rings. The van der Waals surface area contributed by atoms with Gasteiger partial charge in [-0.15, -0.1) is 0 Å². The number of thioether (sulfide) groups is 1. The van der Waals surface area contributed by atoms with E-state index in [0.29, 0.717) is 6.04 Å². The molecule has 2 aliphatic heterocycles. The van der Waals surface area contributed by atoms with Crippen LogP contribution >= 0.6 is 11.8 Å². The van der Waals surface area contributed by atoms with E-state index < -0.39 is 0 Å². The molecule has 0 aromatic carbocycles. The first-order valence-corrected chi connectivity index (χ1v) is 5.51. The average Bonchev–Trinajstić information content (AvgIpc) is 2.58. The fourth-order valence-electron chi connectivity index (χ4n) is 1.76. The third-order valence-corrected chi connectivity index (χ3v) is 3.67. The van der Waals surface area contributed by atoms with Crippen molar-refractivity contribution in [1.82, 2.24) is 5.32 Å². The minimum absolute atomic E-state index is 0.652. The van der Waals surface area contributed by atoms with Crippen molar-refractivity contribution in [2.45, 2.75) is 12.5 Å². The van der Waals surface area contributed by atoms with Gasteiger partial charge >= 0.3 is 0 Å². The molecular weight excluding hydrogens is 158 g/mol. The molecule has 0 spiro atoms. The van der Waals surface area contributed by atoms with Gasteiger partial charge in [-0.1, -0.05) is 0 Å². The van der Waals surface area contributed by atoms with Crippen LogP contribution in [0.2, 0.25) is 0 Å². The van der Waals surface area contributed by atoms with Crippen LogP contribution in [0.5, 0.6) is 0 Å². The lowest BCUT2D eigenvalue weighted by Gasteiger charge is -2.28. The molecular formula is C8H15NOS. The summed E-state index contributed by atoms with van der Waals surface area (Å²) in [6.45, 7) is 2.88. The maximum Gasteiger partial charge on any atom is 0.0623 e. The van der Waals surface area contributed by atoms with E-state index >= 15 is 0 Å². The minimum atomic E-state index is 0.652. The highest BCUT2D eigenvalue weighted by molar-refractivity contribution is 7.99. The Balaban J connectivity index is 1.82. The Morgan fingerprint density at radius 3 is 3.09 bits per heavy atom. The first-order chi connectivity index (χ1) is 5.47. The lowest BCUT2D eigenvalue weighted by molar-refractivity contribution is 0.0606. The molecule has 2 saturated heterocycles. The zero-order chi connectivity index (χ0) is 7.52. The van der Waals surface area contributed by atoms with Crippen molar-refractivity contribution in [3.8, 4) is 0 Å². The van der Waals surface area contributed by atoms with Crippen molar-refractivity contribution in [2.24, 2.45) is 5.92 Å². The maximum atomic E-state index is 5.42. The molecule has 0 saturated carbocycles. The summed E-state index contributed by atoms with van der Waals surface area (Å²) in [4.78, 5) is 0. The van der Waals surface area contributed by atoms with Gasteiger partial charge in [0.25, 0.3) is 0 Å². The largest absolute Gasteiger partial charge is 0.379 e. The fraction of sp³-hybridized carbons (Fsp3) is 1.00. The van der Waals surface area contributed by atoms with Crippen LogP contribution in [-0.2, 0) is 4.74 Å². The lowest BCUT2D eigenvalue weighted by Crippen LogP contribution is -2.46. The molecule has 0 amide bonds. The number of morpholine rings is 1. The van der Waals surface area contributed by atoms with Gasteiger partial charge in [0.2, 0.25) is 0 Å². The maximum absolute atomic E-state index is 5.42. The molecule has 2 unspecified atom stereocenters. The molecule has 0 bridgehead atoms. The molecule has 2 nitrogen and oxygen atoms in total. The molecule has 0 radical (unpaired) electrons. The second kappa shape index (κ2) is 3.78. The van der Waals surface area contributed by atoms with E-state index in [1.807, 2.05) is 0 Å². The van der Waals surface area contributed by atoms with Crippen LogP contribution in [-0.4, -0.2) is 37.3 Å². The number of ether oxygens (including phenoxy) is 1. The smallest absolute Gasteiger partial charge is 0.0623 e. The topological polar surface area (TPSA) is 21.3 Å². The van der Waals surface area contributed by atoms with Crippen molar-refractivity contribution in [1.29, 1.82) is 0 Å². The Labute approximate surface area is 72.1 Å². The predicted octanol–water partition coefficient (Wildman–Crippen LogP) is 0.728. The van der Waals surface area contributed by atoms with E-state index in [2.05, 4.69) is 17.1 Å². The summed E-state index contributed by atoms with van der Waals surface area (Å²) in [5.41, 5.74) is 0. The first-order valence-electron chi connectivity index (χ1n) is 4.36. The Bertz CT molecular complexity index is 119. The van der Waals surface area contributed by atoms with Gasteiger partial charge in [0.1, 0.15) is 0 Å². The van der Waals surface area contributed by atoms with Gasteiger partial charge in [0.15, 0.2) is 0 Å². The molecule has 0 aromatic heterocycles. The van der Waals surface area contributed by atoms with Gasteiger partial charge in [-0.05, 0) is 23.8 Å². The summed E-state index contributed by atoms with van der Waals surface area (Å²) in [5.74, 6) is 3.56. The van der Waals surface area contributed by atoms with Gasteiger partial charge in [-0.25, -0.2) is 0 Å². The molecule has 3 heteroatoms. The van der Waals surface area contributed by atoms with Gasteiger partial charge in [-0.2, -0.15) is 11.8 Å². The zero-order valence-electron chi connectivity index (χ0n) is 6.71. The summed E-state index contributed by atoms with van der Waals surface area (Å²) >= 11 is 2.08. The van der Waals surface area contributed by atoms with E-state index in [1.165, 1.54) is 17.9 Å². The van der Waals surface area contributed by atoms with E-state index in [-0.39, 0.29) is 0 Å². The number of hydrogen-bond donors (Lipinski definition) is 1. The van der Waals surface area contributed by atoms with Crippen LogP contribution in [0, 0.1) is 5.92 Å². The summed E-state index contributed by atoms with van der Waals surface area (Å²) < 4.78 is 5.42. The molecule has 2 heterocycles. The molecule has 64 valence electrons. The van der Waals surface area contributed by atoms with E-state index in [9.17, 15) is 0 Å². The Morgan fingerprint density at radius 2 is 2.45 bits per heavy atom. The quantitative estimate of drug-likeness (QED) is 0.631. The van der Waals surface area contributed by atoms with Crippen LogP contribution in [0.25, 0.3) is 0 Å². The van der Waals surface area contributed by atoms with Crippen LogP contribution in [0.3, 0.4) is 0 Å². The molecule has 11 heavy (non-hydrogen) atoms. The van der Waals surface area contributed by atoms with Crippen molar-refractivity contribution in [3.05, 3.63) is 0 Å². The molecule has 2 fully saturated rings. The zero-order valence-corrected chi connectivity index (χ0v) is 7.53. The molecule has 0 aliphatic carbocycles. The van der Waals surface area contributed by atoms with Crippen molar-refractivity contribution in [2.75, 3.05) is 31.3 Å². The highest BCUT2D eigenvalue weighted by atomic mass is 32.2. The summed E-state index contributed by atoms with van der Waals surface area (Å²) in [7, 11) is 0. The van der Waals surface area contributed by atoms with Gasteiger partial charge < -0.3 is 10.1 Å². The Kier molecular flexibility index (Phi) is 2.72. The number of hydrogen-bond acceptors (Lipinski definition) is 3. The van der Waals surface area contributed by atoms with Crippen molar-refractivity contribution < 1.29 is 4.74 Å². The normalized spacial score (nSPS) is 39.3. The fourth-order valence-corrected chi connectivity index (χ4v) is 3.10. The molecule has 2 atom stereocenters. The van der Waals surface area contributed by atoms with Crippen LogP contribution in [0.15, 0.2) is 0 Å². The number of rotatable bonds is 1. The molecule has 1 N–H and O–H groups in total. The summed E-state index contributed by atoms with van der Waals surface area (Å²) in [6, 6.07) is 0.652. The third-order valence-electron chi connectivity index (χ3n) is 2.48. The Hall–Kier alpha value is 0.270. The van der Waals surface area contributed by atoms with Crippen molar-refractivity contribution in [3.63, 3.8) is 0 Å². The number of nitrogens with one attached hydrogen (secondary N) is 1. The van der Waals surface area contributed by atoms with Crippen molar-refractivity contribution >= 4 is 11.8 Å². The van der Waals surface area contributed by atoms with Crippen LogP contribution in [0.1, 0.15) is 6.42 Å². The van der Waals surface area contributed by atoms with Crippen LogP contribution in [0.4, 0.5) is 0 Å². The van der Waals surface area contributed by atoms with E-state index in [0.717, 1.165) is 25.7 Å². The first kappa shape index (κ1) is 7.90. The second-order valence-electron chi connectivity index (χ2n) is 3.26. The lowest BCUT2D eigenvalue weighted by atomic mass is 9.99. The summed E-state index contributed by atoms with van der Waals surface area (Å²) in [5, 5.41) is 3.52. The second-order valence-corrected chi connectivity index (χ2v) is 4.41. The Morgan fingerprint density at radius 1 is 1.45 bits per heavy atom. The highest BCUT2D eigenvalue weighted by Crippen LogP contribution is 2.26. The SMILES string of the molecule is C1COCC(C2CCSC2)N1. The molecule has 2 aliphatic rings. The summed E-state index contributed by atoms with van der Waals surface area (Å²) in [6.07, 6.45) is 1.38. The predicted molar refractivity (Wildman–Crippen MR) is 48.0 cm³/mol. The highest BCUT2D eigenvalue weighted by Gasteiger charge is 2.26. The monoisotopic (exact) mass is 173 g/mol. The van der Waals surface area contributed by atoms with Gasteiger partial charge in [0.05, 0.1) is 13.2 Å². The average molecular weight is 173 g/mol. The van der Waals surface area contributed by atoms with E-state index in [1.54, 1.807) is 0 Å². The minimum Gasteiger partial charge on any atom is -0.379 e. The third kappa shape index (κ3) is 1.89. The van der Waals surface area contributed by atoms with Gasteiger partial charge in [0, 0.05) is 12.6 Å².